The average molecular weight is 256 g/mol. The fraction of sp³-hybridized carbons (Fsp3) is 0.333. The van der Waals surface area contributed by atoms with Gasteiger partial charge in [0, 0.05) is 17.4 Å². The lowest BCUT2D eigenvalue weighted by atomic mass is 10.1. The Hall–Kier alpha value is -1.94. The highest BCUT2D eigenvalue weighted by atomic mass is 15.0. The van der Waals surface area contributed by atoms with Crippen LogP contribution in [0.3, 0.4) is 0 Å². The predicted octanol–water partition coefficient (Wildman–Crippen LogP) is 2.67. The van der Waals surface area contributed by atoms with E-state index in [2.05, 4.69) is 34.3 Å². The predicted molar refractivity (Wildman–Crippen MR) is 78.5 cm³/mol. The van der Waals surface area contributed by atoms with Crippen molar-refractivity contribution in [2.24, 2.45) is 5.73 Å². The van der Waals surface area contributed by atoms with Crippen LogP contribution in [-0.2, 0) is 12.8 Å². The quantitative estimate of drug-likeness (QED) is 0.834. The van der Waals surface area contributed by atoms with E-state index in [4.69, 9.17) is 5.73 Å². The molecule has 4 nitrogen and oxygen atoms in total. The highest BCUT2D eigenvalue weighted by Crippen LogP contribution is 2.16. The van der Waals surface area contributed by atoms with E-state index in [9.17, 15) is 0 Å². The van der Waals surface area contributed by atoms with E-state index in [0.29, 0.717) is 6.54 Å². The lowest BCUT2D eigenvalue weighted by Crippen LogP contribution is -2.02. The van der Waals surface area contributed by atoms with Gasteiger partial charge >= 0.3 is 0 Å². The SMILES string of the molecule is CCCc1cc(Nc2ccc(CCN)cc2)ncn1. The number of benzene rings is 1. The van der Waals surface area contributed by atoms with E-state index in [1.165, 1.54) is 5.56 Å². The number of rotatable bonds is 6. The Morgan fingerprint density at radius 1 is 1.11 bits per heavy atom. The minimum absolute atomic E-state index is 0.680. The fourth-order valence-electron chi connectivity index (χ4n) is 1.93. The maximum Gasteiger partial charge on any atom is 0.133 e. The fourth-order valence-corrected chi connectivity index (χ4v) is 1.93. The van der Waals surface area contributed by atoms with Gasteiger partial charge in [0.15, 0.2) is 0 Å². The van der Waals surface area contributed by atoms with Gasteiger partial charge < -0.3 is 11.1 Å². The van der Waals surface area contributed by atoms with Crippen LogP contribution < -0.4 is 11.1 Å². The molecule has 1 aromatic heterocycles. The number of nitrogens with zero attached hydrogens (tertiary/aromatic N) is 2. The number of nitrogens with one attached hydrogen (secondary N) is 1. The van der Waals surface area contributed by atoms with Crippen LogP contribution in [0.2, 0.25) is 0 Å². The van der Waals surface area contributed by atoms with Crippen LogP contribution in [0.4, 0.5) is 11.5 Å². The molecule has 0 amide bonds. The molecule has 2 rings (SSSR count). The number of aryl methyl sites for hydroxylation is 1. The molecule has 1 heterocycles. The van der Waals surface area contributed by atoms with Crippen LogP contribution in [0.15, 0.2) is 36.7 Å². The van der Waals surface area contributed by atoms with Gasteiger partial charge in [0.05, 0.1) is 0 Å². The number of hydrogen-bond acceptors (Lipinski definition) is 4. The summed E-state index contributed by atoms with van der Waals surface area (Å²) in [7, 11) is 0. The van der Waals surface area contributed by atoms with Crippen molar-refractivity contribution in [1.82, 2.24) is 9.97 Å². The maximum atomic E-state index is 5.53. The molecule has 100 valence electrons. The number of aromatic nitrogens is 2. The lowest BCUT2D eigenvalue weighted by molar-refractivity contribution is 0.873. The van der Waals surface area contributed by atoms with Gasteiger partial charge in [-0.3, -0.25) is 0 Å². The van der Waals surface area contributed by atoms with Crippen LogP contribution >= 0.6 is 0 Å². The number of hydrogen-bond donors (Lipinski definition) is 2. The maximum absolute atomic E-state index is 5.53. The molecule has 0 unspecified atom stereocenters. The Morgan fingerprint density at radius 3 is 2.58 bits per heavy atom. The Morgan fingerprint density at radius 2 is 1.89 bits per heavy atom. The standard InChI is InChI=1S/C15H20N4/c1-2-3-14-10-15(18-11-17-14)19-13-6-4-12(5-7-13)8-9-16/h4-7,10-11H,2-3,8-9,16H2,1H3,(H,17,18,19). The summed E-state index contributed by atoms with van der Waals surface area (Å²) in [6.07, 6.45) is 4.58. The molecule has 0 aliphatic rings. The van der Waals surface area contributed by atoms with E-state index in [1.807, 2.05) is 18.2 Å². The van der Waals surface area contributed by atoms with Crippen molar-refractivity contribution in [3.05, 3.63) is 47.9 Å². The summed E-state index contributed by atoms with van der Waals surface area (Å²) in [6.45, 7) is 2.82. The van der Waals surface area contributed by atoms with Crippen molar-refractivity contribution in [2.45, 2.75) is 26.2 Å². The minimum atomic E-state index is 0.680. The molecule has 0 saturated heterocycles. The van der Waals surface area contributed by atoms with Gasteiger partial charge in [-0.05, 0) is 37.1 Å². The van der Waals surface area contributed by atoms with Crippen LogP contribution in [0.25, 0.3) is 0 Å². The van der Waals surface area contributed by atoms with Crippen molar-refractivity contribution in [2.75, 3.05) is 11.9 Å². The zero-order valence-corrected chi connectivity index (χ0v) is 11.3. The van der Waals surface area contributed by atoms with E-state index in [-0.39, 0.29) is 0 Å². The molecule has 3 N–H and O–H groups in total. The van der Waals surface area contributed by atoms with Crippen molar-refractivity contribution < 1.29 is 0 Å². The molecule has 19 heavy (non-hydrogen) atoms. The molecule has 0 spiro atoms. The summed E-state index contributed by atoms with van der Waals surface area (Å²) in [5, 5.41) is 3.29. The highest BCUT2D eigenvalue weighted by Gasteiger charge is 1.99. The third-order valence-electron chi connectivity index (χ3n) is 2.89. The second-order valence-corrected chi connectivity index (χ2v) is 4.51. The molecule has 0 fully saturated rings. The summed E-state index contributed by atoms with van der Waals surface area (Å²) in [5.41, 5.74) is 8.89. The minimum Gasteiger partial charge on any atom is -0.340 e. The van der Waals surface area contributed by atoms with Crippen LogP contribution in [0.1, 0.15) is 24.6 Å². The van der Waals surface area contributed by atoms with Gasteiger partial charge in [-0.15, -0.1) is 0 Å². The molecule has 0 radical (unpaired) electrons. The van der Waals surface area contributed by atoms with Gasteiger partial charge in [-0.1, -0.05) is 25.5 Å². The first-order valence-corrected chi connectivity index (χ1v) is 6.68. The molecule has 4 heteroatoms. The zero-order valence-electron chi connectivity index (χ0n) is 11.3. The Labute approximate surface area is 114 Å². The second-order valence-electron chi connectivity index (χ2n) is 4.51. The Balaban J connectivity index is 2.05. The molecule has 0 bridgehead atoms. The summed E-state index contributed by atoms with van der Waals surface area (Å²) in [4.78, 5) is 8.48. The van der Waals surface area contributed by atoms with Crippen molar-refractivity contribution in [3.63, 3.8) is 0 Å². The van der Waals surface area contributed by atoms with E-state index < -0.39 is 0 Å². The van der Waals surface area contributed by atoms with Crippen LogP contribution in [0.5, 0.6) is 0 Å². The molecule has 1 aromatic carbocycles. The molecular weight excluding hydrogens is 236 g/mol. The number of nitrogens with two attached hydrogens (primary N) is 1. The van der Waals surface area contributed by atoms with Crippen molar-refractivity contribution >= 4 is 11.5 Å². The average Bonchev–Trinajstić information content (AvgIpc) is 2.42. The smallest absolute Gasteiger partial charge is 0.133 e. The third-order valence-corrected chi connectivity index (χ3v) is 2.89. The molecule has 2 aromatic rings. The van der Waals surface area contributed by atoms with Gasteiger partial charge in [0.25, 0.3) is 0 Å². The van der Waals surface area contributed by atoms with Crippen molar-refractivity contribution in [1.29, 1.82) is 0 Å². The summed E-state index contributed by atoms with van der Waals surface area (Å²) in [5.74, 6) is 0.838. The van der Waals surface area contributed by atoms with Gasteiger partial charge in [0.1, 0.15) is 12.1 Å². The lowest BCUT2D eigenvalue weighted by Gasteiger charge is -2.07. The van der Waals surface area contributed by atoms with E-state index >= 15 is 0 Å². The normalized spacial score (nSPS) is 10.4. The molecular formula is C15H20N4. The molecule has 0 saturated carbocycles. The van der Waals surface area contributed by atoms with E-state index in [0.717, 1.165) is 36.5 Å². The molecule has 0 aliphatic carbocycles. The summed E-state index contributed by atoms with van der Waals surface area (Å²) < 4.78 is 0. The topological polar surface area (TPSA) is 63.8 Å². The monoisotopic (exact) mass is 256 g/mol. The van der Waals surface area contributed by atoms with Gasteiger partial charge in [-0.2, -0.15) is 0 Å². The zero-order chi connectivity index (χ0) is 13.5. The van der Waals surface area contributed by atoms with E-state index in [1.54, 1.807) is 6.33 Å². The number of anilines is 2. The highest BCUT2D eigenvalue weighted by molar-refractivity contribution is 5.56. The molecule has 0 atom stereocenters. The van der Waals surface area contributed by atoms with Crippen molar-refractivity contribution in [3.8, 4) is 0 Å². The van der Waals surface area contributed by atoms with Gasteiger partial charge in [-0.25, -0.2) is 9.97 Å². The first kappa shape index (κ1) is 13.5. The first-order chi connectivity index (χ1) is 9.31. The Bertz CT molecular complexity index is 508. The van der Waals surface area contributed by atoms with Crippen LogP contribution in [-0.4, -0.2) is 16.5 Å². The molecule has 0 aliphatic heterocycles. The largest absolute Gasteiger partial charge is 0.340 e. The summed E-state index contributed by atoms with van der Waals surface area (Å²) >= 11 is 0. The Kier molecular flexibility index (Phi) is 4.86. The van der Waals surface area contributed by atoms with Gasteiger partial charge in [0.2, 0.25) is 0 Å². The second kappa shape index (κ2) is 6.85. The summed E-state index contributed by atoms with van der Waals surface area (Å²) in [6, 6.07) is 10.3. The van der Waals surface area contributed by atoms with Crippen LogP contribution in [0, 0.1) is 0 Å². The third kappa shape index (κ3) is 4.03. The first-order valence-electron chi connectivity index (χ1n) is 6.68.